The van der Waals surface area contributed by atoms with Crippen molar-refractivity contribution in [1.82, 2.24) is 10.3 Å². The van der Waals surface area contributed by atoms with Crippen molar-refractivity contribution < 1.29 is 9.53 Å². The van der Waals surface area contributed by atoms with Gasteiger partial charge in [0.25, 0.3) is 0 Å². The fraction of sp³-hybridized carbons (Fsp3) is 0.125. The van der Waals surface area contributed by atoms with E-state index in [9.17, 15) is 4.79 Å². The van der Waals surface area contributed by atoms with E-state index in [-0.39, 0.29) is 6.03 Å². The second kappa shape index (κ2) is 7.30. The molecule has 0 spiro atoms. The maximum absolute atomic E-state index is 11.8. The van der Waals surface area contributed by atoms with Gasteiger partial charge in [-0.3, -0.25) is 5.32 Å². The van der Waals surface area contributed by atoms with Crippen LogP contribution in [0.4, 0.5) is 9.93 Å². The van der Waals surface area contributed by atoms with Crippen LogP contribution in [0.5, 0.6) is 5.75 Å². The zero-order chi connectivity index (χ0) is 16.1. The number of amides is 2. The first-order valence-electron chi connectivity index (χ1n) is 6.99. The summed E-state index contributed by atoms with van der Waals surface area (Å²) in [5.41, 5.74) is 0.874. The van der Waals surface area contributed by atoms with Crippen LogP contribution in [0.15, 0.2) is 48.5 Å². The molecule has 0 atom stereocenters. The first kappa shape index (κ1) is 15.6. The standard InChI is InChI=1S/C16H14ClN3O2S/c17-11-5-7-12(8-6-11)22-10-9-18-15(21)20-16-19-13-3-1-2-4-14(13)23-16/h1-8H,9-10H2,(H2,18,19,20,21). The Morgan fingerprint density at radius 1 is 1.17 bits per heavy atom. The number of urea groups is 1. The van der Waals surface area contributed by atoms with E-state index in [2.05, 4.69) is 15.6 Å². The average molecular weight is 348 g/mol. The summed E-state index contributed by atoms with van der Waals surface area (Å²) in [7, 11) is 0. The molecule has 0 fully saturated rings. The number of ether oxygens (including phenoxy) is 1. The Morgan fingerprint density at radius 3 is 2.74 bits per heavy atom. The van der Waals surface area contributed by atoms with Gasteiger partial charge in [-0.2, -0.15) is 0 Å². The fourth-order valence-corrected chi connectivity index (χ4v) is 2.92. The third kappa shape index (κ3) is 4.34. The number of rotatable bonds is 5. The number of aromatic nitrogens is 1. The molecule has 0 bridgehead atoms. The van der Waals surface area contributed by atoms with Crippen LogP contribution >= 0.6 is 22.9 Å². The molecular formula is C16H14ClN3O2S. The minimum absolute atomic E-state index is 0.302. The van der Waals surface area contributed by atoms with E-state index in [0.717, 1.165) is 10.2 Å². The highest BCUT2D eigenvalue weighted by atomic mass is 35.5. The van der Waals surface area contributed by atoms with Crippen molar-refractivity contribution in [1.29, 1.82) is 0 Å². The summed E-state index contributed by atoms with van der Waals surface area (Å²) in [5, 5.41) is 6.67. The van der Waals surface area contributed by atoms with Crippen molar-refractivity contribution >= 4 is 44.3 Å². The van der Waals surface area contributed by atoms with E-state index < -0.39 is 0 Å². The number of anilines is 1. The van der Waals surface area contributed by atoms with Gasteiger partial charge in [-0.1, -0.05) is 35.1 Å². The molecule has 1 aromatic heterocycles. The maximum Gasteiger partial charge on any atom is 0.321 e. The lowest BCUT2D eigenvalue weighted by atomic mass is 10.3. The molecule has 0 aliphatic rings. The molecule has 23 heavy (non-hydrogen) atoms. The number of carbonyl (C=O) groups excluding carboxylic acids is 1. The Hall–Kier alpha value is -2.31. The fourth-order valence-electron chi connectivity index (χ4n) is 1.93. The highest BCUT2D eigenvalue weighted by Crippen LogP contribution is 2.25. The molecule has 1 heterocycles. The van der Waals surface area contributed by atoms with Crippen molar-refractivity contribution in [2.75, 3.05) is 18.5 Å². The number of thiazole rings is 1. The van der Waals surface area contributed by atoms with Crippen LogP contribution in [-0.2, 0) is 0 Å². The molecule has 0 aliphatic carbocycles. The van der Waals surface area contributed by atoms with Gasteiger partial charge in [-0.05, 0) is 36.4 Å². The van der Waals surface area contributed by atoms with E-state index in [4.69, 9.17) is 16.3 Å². The SMILES string of the molecule is O=C(NCCOc1ccc(Cl)cc1)Nc1nc2ccccc2s1. The quantitative estimate of drug-likeness (QED) is 0.681. The van der Waals surface area contributed by atoms with Crippen LogP contribution in [0.2, 0.25) is 5.02 Å². The van der Waals surface area contributed by atoms with Gasteiger partial charge >= 0.3 is 6.03 Å². The summed E-state index contributed by atoms with van der Waals surface area (Å²) in [6.07, 6.45) is 0. The Morgan fingerprint density at radius 2 is 1.96 bits per heavy atom. The lowest BCUT2D eigenvalue weighted by Gasteiger charge is -2.07. The molecule has 118 valence electrons. The molecule has 0 aliphatic heterocycles. The second-order valence-electron chi connectivity index (χ2n) is 4.67. The van der Waals surface area contributed by atoms with Crippen molar-refractivity contribution in [2.24, 2.45) is 0 Å². The summed E-state index contributed by atoms with van der Waals surface area (Å²) >= 11 is 7.23. The molecule has 3 rings (SSSR count). The Bertz CT molecular complexity index is 771. The first-order valence-corrected chi connectivity index (χ1v) is 8.19. The number of para-hydroxylation sites is 1. The van der Waals surface area contributed by atoms with Gasteiger partial charge in [0.1, 0.15) is 12.4 Å². The number of fused-ring (bicyclic) bond motifs is 1. The Kier molecular flexibility index (Phi) is 4.95. The van der Waals surface area contributed by atoms with E-state index >= 15 is 0 Å². The number of hydrogen-bond donors (Lipinski definition) is 2. The minimum atomic E-state index is -0.302. The highest BCUT2D eigenvalue weighted by Gasteiger charge is 2.06. The number of halogens is 1. The Labute approximate surface area is 142 Å². The summed E-state index contributed by atoms with van der Waals surface area (Å²) in [5.74, 6) is 0.711. The number of nitrogens with zero attached hydrogens (tertiary/aromatic N) is 1. The van der Waals surface area contributed by atoms with E-state index in [0.29, 0.717) is 29.1 Å². The van der Waals surface area contributed by atoms with E-state index in [1.165, 1.54) is 11.3 Å². The zero-order valence-corrected chi connectivity index (χ0v) is 13.7. The first-order chi connectivity index (χ1) is 11.2. The predicted octanol–water partition coefficient (Wildman–Crippen LogP) is 4.15. The molecule has 2 N–H and O–H groups in total. The number of carbonyl (C=O) groups is 1. The molecule has 5 nitrogen and oxygen atoms in total. The van der Waals surface area contributed by atoms with Crippen LogP contribution in [0.1, 0.15) is 0 Å². The third-order valence-corrected chi connectivity index (χ3v) is 4.19. The molecule has 0 saturated carbocycles. The van der Waals surface area contributed by atoms with Gasteiger partial charge in [0.15, 0.2) is 5.13 Å². The van der Waals surface area contributed by atoms with Gasteiger partial charge < -0.3 is 10.1 Å². The normalized spacial score (nSPS) is 10.5. The van der Waals surface area contributed by atoms with Crippen LogP contribution in [0.3, 0.4) is 0 Å². The summed E-state index contributed by atoms with van der Waals surface area (Å²) in [6.45, 7) is 0.758. The van der Waals surface area contributed by atoms with Crippen LogP contribution in [0.25, 0.3) is 10.2 Å². The molecule has 0 unspecified atom stereocenters. The number of nitrogens with one attached hydrogen (secondary N) is 2. The molecule has 7 heteroatoms. The minimum Gasteiger partial charge on any atom is -0.492 e. The highest BCUT2D eigenvalue weighted by molar-refractivity contribution is 7.22. The average Bonchev–Trinajstić information content (AvgIpc) is 2.95. The molecular weight excluding hydrogens is 334 g/mol. The maximum atomic E-state index is 11.8. The van der Waals surface area contributed by atoms with Gasteiger partial charge in [-0.15, -0.1) is 0 Å². The van der Waals surface area contributed by atoms with E-state index in [1.54, 1.807) is 24.3 Å². The Balaban J connectivity index is 1.43. The molecule has 0 saturated heterocycles. The van der Waals surface area contributed by atoms with Gasteiger partial charge in [0.2, 0.25) is 0 Å². The molecule has 2 aromatic carbocycles. The van der Waals surface area contributed by atoms with Gasteiger partial charge in [0.05, 0.1) is 16.8 Å². The van der Waals surface area contributed by atoms with Crippen LogP contribution < -0.4 is 15.4 Å². The van der Waals surface area contributed by atoms with Crippen molar-refractivity contribution in [2.45, 2.75) is 0 Å². The van der Waals surface area contributed by atoms with Crippen LogP contribution in [0, 0.1) is 0 Å². The lowest BCUT2D eigenvalue weighted by molar-refractivity contribution is 0.247. The number of hydrogen-bond acceptors (Lipinski definition) is 4. The summed E-state index contributed by atoms with van der Waals surface area (Å²) in [4.78, 5) is 16.2. The number of benzene rings is 2. The second-order valence-corrected chi connectivity index (χ2v) is 6.14. The smallest absolute Gasteiger partial charge is 0.321 e. The monoisotopic (exact) mass is 347 g/mol. The topological polar surface area (TPSA) is 63.2 Å². The zero-order valence-electron chi connectivity index (χ0n) is 12.1. The van der Waals surface area contributed by atoms with Gasteiger partial charge in [0, 0.05) is 5.02 Å². The van der Waals surface area contributed by atoms with Crippen LogP contribution in [-0.4, -0.2) is 24.2 Å². The largest absolute Gasteiger partial charge is 0.492 e. The van der Waals surface area contributed by atoms with Crippen molar-refractivity contribution in [3.8, 4) is 5.75 Å². The predicted molar refractivity (Wildman–Crippen MR) is 93.6 cm³/mol. The van der Waals surface area contributed by atoms with Gasteiger partial charge in [-0.25, -0.2) is 9.78 Å². The van der Waals surface area contributed by atoms with Crippen molar-refractivity contribution in [3.63, 3.8) is 0 Å². The van der Waals surface area contributed by atoms with E-state index in [1.807, 2.05) is 24.3 Å². The summed E-state index contributed by atoms with van der Waals surface area (Å²) in [6, 6.07) is 14.5. The van der Waals surface area contributed by atoms with Crippen molar-refractivity contribution in [3.05, 3.63) is 53.6 Å². The molecule has 2 amide bonds. The lowest BCUT2D eigenvalue weighted by Crippen LogP contribution is -2.32. The summed E-state index contributed by atoms with van der Waals surface area (Å²) < 4.78 is 6.53. The third-order valence-electron chi connectivity index (χ3n) is 2.98. The molecule has 3 aromatic rings. The molecule has 0 radical (unpaired) electrons.